The van der Waals surface area contributed by atoms with Crippen molar-refractivity contribution < 1.29 is 9.26 Å². The Hall–Kier alpha value is -0.590. The molecule has 1 unspecified atom stereocenters. The Morgan fingerprint density at radius 3 is 3.00 bits per heavy atom. The number of aromatic nitrogens is 2. The van der Waals surface area contributed by atoms with Crippen molar-refractivity contribution in [1.29, 1.82) is 0 Å². The van der Waals surface area contributed by atoms with Crippen molar-refractivity contribution in [2.24, 2.45) is 5.92 Å². The van der Waals surface area contributed by atoms with Gasteiger partial charge < -0.3 is 14.6 Å². The Morgan fingerprint density at radius 2 is 2.22 bits per heavy atom. The summed E-state index contributed by atoms with van der Waals surface area (Å²) in [5.41, 5.74) is 0. The van der Waals surface area contributed by atoms with Gasteiger partial charge in [0.05, 0.1) is 6.61 Å². The van der Waals surface area contributed by atoms with Gasteiger partial charge >= 0.3 is 0 Å². The van der Waals surface area contributed by atoms with Crippen LogP contribution in [0.3, 0.4) is 0 Å². The number of ether oxygens (including phenoxy) is 1. The average molecular weight is 269 g/mol. The number of hydrogen-bond acceptors (Lipinski definition) is 6. The molecule has 3 rings (SSSR count). The Labute approximate surface area is 111 Å². The summed E-state index contributed by atoms with van der Waals surface area (Å²) in [5.74, 6) is 4.19. The number of nitrogens with zero attached hydrogens (tertiary/aromatic N) is 2. The van der Waals surface area contributed by atoms with E-state index in [1.807, 2.05) is 11.8 Å². The van der Waals surface area contributed by atoms with E-state index in [0.717, 1.165) is 49.3 Å². The summed E-state index contributed by atoms with van der Waals surface area (Å²) >= 11 is 1.89. The zero-order valence-corrected chi connectivity index (χ0v) is 11.2. The molecule has 5 nitrogen and oxygen atoms in total. The van der Waals surface area contributed by atoms with Gasteiger partial charge in [-0.25, -0.2) is 0 Å². The van der Waals surface area contributed by atoms with Crippen LogP contribution in [-0.4, -0.2) is 41.3 Å². The molecule has 0 aromatic carbocycles. The van der Waals surface area contributed by atoms with Gasteiger partial charge in [-0.05, 0) is 31.8 Å². The molecule has 100 valence electrons. The quantitative estimate of drug-likeness (QED) is 0.895. The molecule has 1 aromatic heterocycles. The molecule has 2 saturated heterocycles. The number of rotatable bonds is 3. The van der Waals surface area contributed by atoms with E-state index in [2.05, 4.69) is 15.5 Å². The van der Waals surface area contributed by atoms with E-state index >= 15 is 0 Å². The van der Waals surface area contributed by atoms with Crippen LogP contribution in [0.4, 0.5) is 0 Å². The first-order valence-corrected chi connectivity index (χ1v) is 7.80. The van der Waals surface area contributed by atoms with Crippen molar-refractivity contribution in [3.8, 4) is 0 Å². The largest absolute Gasteiger partial charge is 0.368 e. The highest BCUT2D eigenvalue weighted by molar-refractivity contribution is 7.99. The fourth-order valence-electron chi connectivity index (χ4n) is 2.45. The van der Waals surface area contributed by atoms with Crippen LogP contribution in [0, 0.1) is 5.92 Å². The minimum absolute atomic E-state index is 0.0225. The van der Waals surface area contributed by atoms with Crippen molar-refractivity contribution >= 4 is 11.8 Å². The first-order valence-electron chi connectivity index (χ1n) is 6.64. The van der Waals surface area contributed by atoms with Gasteiger partial charge in [0.2, 0.25) is 11.7 Å². The van der Waals surface area contributed by atoms with Gasteiger partial charge in [-0.1, -0.05) is 5.16 Å². The third kappa shape index (κ3) is 3.05. The van der Waals surface area contributed by atoms with Gasteiger partial charge in [-0.2, -0.15) is 16.7 Å². The van der Waals surface area contributed by atoms with E-state index < -0.39 is 0 Å². The van der Waals surface area contributed by atoms with E-state index in [9.17, 15) is 0 Å². The summed E-state index contributed by atoms with van der Waals surface area (Å²) < 4.78 is 11.0. The maximum atomic E-state index is 5.65. The molecule has 0 spiro atoms. The molecule has 0 aliphatic carbocycles. The molecule has 1 N–H and O–H groups in total. The Kier molecular flexibility index (Phi) is 4.17. The minimum Gasteiger partial charge on any atom is -0.368 e. The summed E-state index contributed by atoms with van der Waals surface area (Å²) in [7, 11) is 0. The summed E-state index contributed by atoms with van der Waals surface area (Å²) in [6.07, 6.45) is 3.34. The van der Waals surface area contributed by atoms with Crippen LogP contribution < -0.4 is 5.32 Å². The second-order valence-electron chi connectivity index (χ2n) is 4.88. The number of hydrogen-bond donors (Lipinski definition) is 1. The topological polar surface area (TPSA) is 60.2 Å². The fourth-order valence-corrected chi connectivity index (χ4v) is 3.29. The molecular weight excluding hydrogens is 250 g/mol. The van der Waals surface area contributed by atoms with Crippen molar-refractivity contribution in [2.75, 3.05) is 31.2 Å². The molecule has 0 radical (unpaired) electrons. The predicted octanol–water partition coefficient (Wildman–Crippen LogP) is 1.42. The summed E-state index contributed by atoms with van der Waals surface area (Å²) in [6, 6.07) is 0. The zero-order chi connectivity index (χ0) is 12.2. The molecule has 0 saturated carbocycles. The molecule has 0 bridgehead atoms. The molecule has 0 amide bonds. The molecule has 3 heterocycles. The maximum absolute atomic E-state index is 5.65. The highest BCUT2D eigenvalue weighted by Gasteiger charge is 2.23. The van der Waals surface area contributed by atoms with Gasteiger partial charge in [-0.3, -0.25) is 0 Å². The lowest BCUT2D eigenvalue weighted by Crippen LogP contribution is -2.28. The third-order valence-corrected chi connectivity index (χ3v) is 4.50. The summed E-state index contributed by atoms with van der Waals surface area (Å²) in [6.45, 7) is 3.00. The fraction of sp³-hybridized carbons (Fsp3) is 0.833. The Bertz CT molecular complexity index is 373. The lowest BCUT2D eigenvalue weighted by molar-refractivity contribution is 0.0677. The van der Waals surface area contributed by atoms with Crippen LogP contribution in [0.5, 0.6) is 0 Å². The normalized spacial score (nSPS) is 26.3. The van der Waals surface area contributed by atoms with Crippen LogP contribution in [-0.2, 0) is 11.2 Å². The first kappa shape index (κ1) is 12.4. The first-order chi connectivity index (χ1) is 8.92. The average Bonchev–Trinajstić information content (AvgIpc) is 2.89. The van der Waals surface area contributed by atoms with Crippen molar-refractivity contribution in [3.63, 3.8) is 0 Å². The number of piperidine rings is 1. The van der Waals surface area contributed by atoms with Crippen LogP contribution in [0.1, 0.15) is 30.7 Å². The maximum Gasteiger partial charge on any atom is 0.227 e. The standard InChI is InChI=1S/C12H19N3O2S/c1-3-13-4-2-9(1)7-11-14-12(15-17-11)10-8-18-6-5-16-10/h9-10,13H,1-8H2. The minimum atomic E-state index is 0.0225. The van der Waals surface area contributed by atoms with Crippen LogP contribution in [0.2, 0.25) is 0 Å². The van der Waals surface area contributed by atoms with E-state index in [0.29, 0.717) is 5.92 Å². The molecule has 2 fully saturated rings. The van der Waals surface area contributed by atoms with Crippen LogP contribution >= 0.6 is 11.8 Å². The highest BCUT2D eigenvalue weighted by atomic mass is 32.2. The second-order valence-corrected chi connectivity index (χ2v) is 6.03. The van der Waals surface area contributed by atoms with E-state index in [1.54, 1.807) is 0 Å². The van der Waals surface area contributed by atoms with Crippen molar-refractivity contribution in [1.82, 2.24) is 15.5 Å². The van der Waals surface area contributed by atoms with Gasteiger partial charge in [0.25, 0.3) is 0 Å². The molecule has 1 aromatic rings. The molecular formula is C12H19N3O2S. The van der Waals surface area contributed by atoms with Gasteiger partial charge in [0.15, 0.2) is 0 Å². The Morgan fingerprint density at radius 1 is 1.33 bits per heavy atom. The van der Waals surface area contributed by atoms with Crippen molar-refractivity contribution in [2.45, 2.75) is 25.4 Å². The molecule has 18 heavy (non-hydrogen) atoms. The monoisotopic (exact) mass is 269 g/mol. The van der Waals surface area contributed by atoms with Crippen LogP contribution in [0.25, 0.3) is 0 Å². The number of nitrogens with one attached hydrogen (secondary N) is 1. The van der Waals surface area contributed by atoms with Gasteiger partial charge in [0.1, 0.15) is 6.10 Å². The van der Waals surface area contributed by atoms with Gasteiger partial charge in [0, 0.05) is 17.9 Å². The number of thioether (sulfide) groups is 1. The SMILES string of the molecule is C1CC(Cc2nc(C3CSCCO3)no2)CCN1. The van der Waals surface area contributed by atoms with Gasteiger partial charge in [-0.15, -0.1) is 0 Å². The lowest BCUT2D eigenvalue weighted by Gasteiger charge is -2.20. The van der Waals surface area contributed by atoms with E-state index in [-0.39, 0.29) is 6.10 Å². The zero-order valence-electron chi connectivity index (χ0n) is 10.4. The third-order valence-electron chi connectivity index (χ3n) is 3.51. The lowest BCUT2D eigenvalue weighted by atomic mass is 9.95. The Balaban J connectivity index is 1.58. The summed E-state index contributed by atoms with van der Waals surface area (Å²) in [5, 5.41) is 7.43. The predicted molar refractivity (Wildman–Crippen MR) is 69.6 cm³/mol. The molecule has 2 aliphatic rings. The van der Waals surface area contributed by atoms with Crippen molar-refractivity contribution in [3.05, 3.63) is 11.7 Å². The summed E-state index contributed by atoms with van der Waals surface area (Å²) in [4.78, 5) is 4.49. The molecule has 6 heteroatoms. The van der Waals surface area contributed by atoms with E-state index in [4.69, 9.17) is 9.26 Å². The molecule has 2 aliphatic heterocycles. The highest BCUT2D eigenvalue weighted by Crippen LogP contribution is 2.25. The van der Waals surface area contributed by atoms with E-state index in [1.165, 1.54) is 12.8 Å². The second kappa shape index (κ2) is 6.04. The smallest absolute Gasteiger partial charge is 0.227 e. The van der Waals surface area contributed by atoms with Crippen LogP contribution in [0.15, 0.2) is 4.52 Å². The molecule has 1 atom stereocenters.